The lowest BCUT2D eigenvalue weighted by molar-refractivity contribution is -0.384. The van der Waals surface area contributed by atoms with Gasteiger partial charge in [0, 0.05) is 18.2 Å². The maximum atomic E-state index is 11.9. The van der Waals surface area contributed by atoms with Gasteiger partial charge in [-0.25, -0.2) is 9.59 Å². The molecule has 0 radical (unpaired) electrons. The fourth-order valence-corrected chi connectivity index (χ4v) is 3.20. The summed E-state index contributed by atoms with van der Waals surface area (Å²) in [6, 6.07) is 5.80. The molecule has 1 aromatic carbocycles. The molecule has 9 nitrogen and oxygen atoms in total. The number of amides is 1. The van der Waals surface area contributed by atoms with Crippen LogP contribution in [0.2, 0.25) is 0 Å². The number of nitrogens with zero attached hydrogens (tertiary/aromatic N) is 2. The lowest BCUT2D eigenvalue weighted by Crippen LogP contribution is -2.29. The number of carbonyl (C=O) groups is 3. The fourth-order valence-electron chi connectivity index (χ4n) is 2.25. The van der Waals surface area contributed by atoms with Crippen LogP contribution in [0.3, 0.4) is 0 Å². The molecule has 0 spiro atoms. The summed E-state index contributed by atoms with van der Waals surface area (Å²) >= 11 is 1.21. The van der Waals surface area contributed by atoms with Gasteiger partial charge in [0.15, 0.2) is 0 Å². The molecule has 1 amide bonds. The van der Waals surface area contributed by atoms with Crippen LogP contribution >= 0.6 is 11.8 Å². The molecule has 1 saturated heterocycles. The fraction of sp³-hybridized carbons (Fsp3) is 0.278. The van der Waals surface area contributed by atoms with Crippen molar-refractivity contribution in [3.63, 3.8) is 0 Å². The molecule has 1 aliphatic rings. The maximum Gasteiger partial charge on any atom is 0.333 e. The Balaban J connectivity index is 1.87. The number of rotatable bonds is 8. The second kappa shape index (κ2) is 10.3. The molecule has 148 valence electrons. The minimum Gasteiger partial charge on any atom is -0.463 e. The Kier molecular flexibility index (Phi) is 7.76. The molecule has 1 aromatic rings. The van der Waals surface area contributed by atoms with Crippen molar-refractivity contribution in [2.24, 2.45) is 0 Å². The molecule has 2 rings (SSSR count). The summed E-state index contributed by atoms with van der Waals surface area (Å²) in [5.41, 5.74) is 0.401. The highest BCUT2D eigenvalue weighted by atomic mass is 32.2. The third-order valence-electron chi connectivity index (χ3n) is 3.49. The van der Waals surface area contributed by atoms with E-state index in [1.54, 1.807) is 13.0 Å². The topological polar surface area (TPSA) is 116 Å². The Labute approximate surface area is 165 Å². The highest BCUT2D eigenvalue weighted by molar-refractivity contribution is 8.04. The van der Waals surface area contributed by atoms with Gasteiger partial charge in [0.25, 0.3) is 5.69 Å². The standard InChI is InChI=1S/C18H18N2O7S/c1-2-26-18(23)11-16-19(15(21)12-28-16)8-9-27-17(22)7-6-13-4-3-5-14(10-13)20(24)25/h3-7,10-11H,2,8-9,12H2,1H3/b7-6+,16-11-. The van der Waals surface area contributed by atoms with Gasteiger partial charge >= 0.3 is 11.9 Å². The lowest BCUT2D eigenvalue weighted by Gasteiger charge is -2.16. The molecular formula is C18H18N2O7S. The van der Waals surface area contributed by atoms with Crippen molar-refractivity contribution in [1.82, 2.24) is 4.90 Å². The van der Waals surface area contributed by atoms with E-state index in [9.17, 15) is 24.5 Å². The Morgan fingerprint density at radius 3 is 2.82 bits per heavy atom. The van der Waals surface area contributed by atoms with E-state index >= 15 is 0 Å². The van der Waals surface area contributed by atoms with Gasteiger partial charge in [0.2, 0.25) is 5.91 Å². The van der Waals surface area contributed by atoms with Gasteiger partial charge in [0.05, 0.1) is 34.9 Å². The largest absolute Gasteiger partial charge is 0.463 e. The van der Waals surface area contributed by atoms with Crippen molar-refractivity contribution in [3.8, 4) is 0 Å². The monoisotopic (exact) mass is 406 g/mol. The van der Waals surface area contributed by atoms with Gasteiger partial charge in [-0.05, 0) is 18.6 Å². The molecule has 28 heavy (non-hydrogen) atoms. The van der Waals surface area contributed by atoms with E-state index in [1.165, 1.54) is 47.0 Å². The van der Waals surface area contributed by atoms with Crippen LogP contribution in [0.4, 0.5) is 5.69 Å². The average molecular weight is 406 g/mol. The predicted octanol–water partition coefficient (Wildman–Crippen LogP) is 2.13. The first-order valence-corrected chi connectivity index (χ1v) is 9.30. The summed E-state index contributed by atoms with van der Waals surface area (Å²) in [7, 11) is 0. The summed E-state index contributed by atoms with van der Waals surface area (Å²) in [6.45, 7) is 1.95. The summed E-state index contributed by atoms with van der Waals surface area (Å²) < 4.78 is 9.87. The van der Waals surface area contributed by atoms with Crippen LogP contribution in [0.15, 0.2) is 41.4 Å². The third kappa shape index (κ3) is 6.23. The lowest BCUT2D eigenvalue weighted by atomic mass is 10.2. The summed E-state index contributed by atoms with van der Waals surface area (Å²) in [5, 5.41) is 11.2. The molecule has 0 aromatic heterocycles. The number of hydrogen-bond acceptors (Lipinski definition) is 8. The van der Waals surface area contributed by atoms with Crippen LogP contribution in [-0.4, -0.2) is 53.2 Å². The minimum atomic E-state index is -0.651. The minimum absolute atomic E-state index is 0.0649. The molecule has 0 atom stereocenters. The van der Waals surface area contributed by atoms with Crippen LogP contribution in [0.1, 0.15) is 12.5 Å². The van der Waals surface area contributed by atoms with Crippen molar-refractivity contribution in [2.45, 2.75) is 6.92 Å². The zero-order chi connectivity index (χ0) is 20.5. The SMILES string of the molecule is CCOC(=O)/C=C1\SCC(=O)N1CCOC(=O)/C=C/c1cccc([N+](=O)[O-])c1. The van der Waals surface area contributed by atoms with Crippen LogP contribution in [0.5, 0.6) is 0 Å². The van der Waals surface area contributed by atoms with Gasteiger partial charge in [-0.3, -0.25) is 14.9 Å². The molecule has 0 saturated carbocycles. The second-order valence-corrected chi connectivity index (χ2v) is 6.42. The zero-order valence-electron chi connectivity index (χ0n) is 15.0. The number of nitro groups is 1. The smallest absolute Gasteiger partial charge is 0.333 e. The normalized spacial score (nSPS) is 15.2. The zero-order valence-corrected chi connectivity index (χ0v) is 15.8. The first kappa shape index (κ1) is 21.2. The summed E-state index contributed by atoms with van der Waals surface area (Å²) in [4.78, 5) is 46.8. The summed E-state index contributed by atoms with van der Waals surface area (Å²) in [6.07, 6.45) is 3.79. The number of benzene rings is 1. The van der Waals surface area contributed by atoms with Crippen molar-refractivity contribution >= 4 is 41.4 Å². The number of hydrogen-bond donors (Lipinski definition) is 0. The molecule has 0 unspecified atom stereocenters. The number of ether oxygens (including phenoxy) is 2. The van der Waals surface area contributed by atoms with E-state index in [2.05, 4.69) is 0 Å². The Hall–Kier alpha value is -3.14. The first-order valence-electron chi connectivity index (χ1n) is 8.31. The van der Waals surface area contributed by atoms with Crippen molar-refractivity contribution in [1.29, 1.82) is 0 Å². The molecule has 1 heterocycles. The van der Waals surface area contributed by atoms with Crippen LogP contribution < -0.4 is 0 Å². The molecule has 0 aliphatic carbocycles. The Morgan fingerprint density at radius 1 is 1.32 bits per heavy atom. The quantitative estimate of drug-likeness (QED) is 0.279. The van der Waals surface area contributed by atoms with Gasteiger partial charge < -0.3 is 14.4 Å². The van der Waals surface area contributed by atoms with Crippen molar-refractivity contribution < 1.29 is 28.8 Å². The number of thioether (sulfide) groups is 1. The summed E-state index contributed by atoms with van der Waals surface area (Å²) in [5.74, 6) is -1.18. The number of carbonyl (C=O) groups excluding carboxylic acids is 3. The highest BCUT2D eigenvalue weighted by Crippen LogP contribution is 2.28. The van der Waals surface area contributed by atoms with Crippen LogP contribution in [0.25, 0.3) is 6.08 Å². The molecule has 0 N–H and O–H groups in total. The number of esters is 2. The van der Waals surface area contributed by atoms with Crippen LogP contribution in [-0.2, 0) is 23.9 Å². The predicted molar refractivity (Wildman–Crippen MR) is 102 cm³/mol. The van der Waals surface area contributed by atoms with E-state index < -0.39 is 16.9 Å². The third-order valence-corrected chi connectivity index (χ3v) is 4.52. The molecular weight excluding hydrogens is 388 g/mol. The van der Waals surface area contributed by atoms with E-state index in [1.807, 2.05) is 0 Å². The van der Waals surface area contributed by atoms with Gasteiger partial charge in [0.1, 0.15) is 6.61 Å². The maximum absolute atomic E-state index is 11.9. The highest BCUT2D eigenvalue weighted by Gasteiger charge is 2.27. The van der Waals surface area contributed by atoms with E-state index in [0.717, 1.165) is 6.08 Å². The van der Waals surface area contributed by atoms with E-state index in [4.69, 9.17) is 9.47 Å². The average Bonchev–Trinajstić information content (AvgIpc) is 3.00. The van der Waals surface area contributed by atoms with Gasteiger partial charge in [-0.1, -0.05) is 23.9 Å². The molecule has 10 heteroatoms. The first-order chi connectivity index (χ1) is 13.4. The van der Waals surface area contributed by atoms with Crippen LogP contribution in [0, 0.1) is 10.1 Å². The Bertz CT molecular complexity index is 835. The van der Waals surface area contributed by atoms with E-state index in [-0.39, 0.29) is 37.1 Å². The molecule has 0 bridgehead atoms. The van der Waals surface area contributed by atoms with E-state index in [0.29, 0.717) is 10.6 Å². The number of non-ortho nitro benzene ring substituents is 1. The molecule has 1 fully saturated rings. The van der Waals surface area contributed by atoms with Crippen molar-refractivity contribution in [2.75, 3.05) is 25.5 Å². The second-order valence-electron chi connectivity index (χ2n) is 5.42. The van der Waals surface area contributed by atoms with Gasteiger partial charge in [-0.2, -0.15) is 0 Å². The number of nitro benzene ring substituents is 1. The van der Waals surface area contributed by atoms with Gasteiger partial charge in [-0.15, -0.1) is 0 Å². The molecule has 1 aliphatic heterocycles. The van der Waals surface area contributed by atoms with Crippen molar-refractivity contribution in [3.05, 3.63) is 57.1 Å². The Morgan fingerprint density at radius 2 is 2.11 bits per heavy atom.